The molecule has 0 bridgehead atoms. The molecule has 2 atom stereocenters. The number of anilines is 1. The molecular weight excluding hydrogens is 309 g/mol. The molecule has 0 unspecified atom stereocenters. The Labute approximate surface area is 140 Å². The van der Waals surface area contributed by atoms with E-state index in [4.69, 9.17) is 0 Å². The number of halogens is 1. The highest BCUT2D eigenvalue weighted by molar-refractivity contribution is 5.94. The van der Waals surface area contributed by atoms with Crippen LogP contribution in [0.1, 0.15) is 28.4 Å². The molecule has 1 amide bonds. The number of nitrogens with zero attached hydrogens (tertiary/aromatic N) is 3. The first-order chi connectivity index (χ1) is 11.5. The summed E-state index contributed by atoms with van der Waals surface area (Å²) < 4.78 is 13.1. The molecule has 5 nitrogen and oxygen atoms in total. The largest absolute Gasteiger partial charge is 0.391 e. The van der Waals surface area contributed by atoms with Gasteiger partial charge in [-0.25, -0.2) is 9.37 Å². The van der Waals surface area contributed by atoms with Crippen LogP contribution in [0, 0.1) is 5.82 Å². The van der Waals surface area contributed by atoms with Crippen molar-refractivity contribution >= 4 is 11.7 Å². The fourth-order valence-corrected chi connectivity index (χ4v) is 2.98. The van der Waals surface area contributed by atoms with Gasteiger partial charge in [0.1, 0.15) is 11.6 Å². The molecule has 3 rings (SSSR count). The molecule has 1 aliphatic rings. The van der Waals surface area contributed by atoms with Crippen molar-refractivity contribution in [3.05, 3.63) is 59.5 Å². The summed E-state index contributed by atoms with van der Waals surface area (Å²) in [6.07, 6.45) is 1.41. The maximum Gasteiger partial charge on any atom is 0.256 e. The Morgan fingerprint density at radius 3 is 2.54 bits per heavy atom. The summed E-state index contributed by atoms with van der Waals surface area (Å²) in [4.78, 5) is 20.6. The lowest BCUT2D eigenvalue weighted by molar-refractivity contribution is 0.0715. The van der Waals surface area contributed by atoms with Crippen molar-refractivity contribution in [2.24, 2.45) is 0 Å². The van der Waals surface area contributed by atoms with Gasteiger partial charge in [0.05, 0.1) is 17.7 Å². The van der Waals surface area contributed by atoms with Crippen LogP contribution >= 0.6 is 0 Å². The zero-order valence-electron chi connectivity index (χ0n) is 13.7. The number of benzene rings is 1. The normalized spacial score (nSPS) is 20.2. The molecule has 2 aromatic rings. The standard InChI is InChI=1S/C18H20FN3O2/c1-21(2)17-8-5-13(10-20-17)18(24)22-11-15(23)9-16(22)12-3-6-14(19)7-4-12/h3-8,10,15-16,23H,9,11H2,1-2H3/t15-,16-/m1/s1. The van der Waals surface area contributed by atoms with E-state index in [1.54, 1.807) is 35.4 Å². The Kier molecular flexibility index (Phi) is 4.49. The number of rotatable bonds is 3. The fourth-order valence-electron chi connectivity index (χ4n) is 2.98. The lowest BCUT2D eigenvalue weighted by Gasteiger charge is -2.25. The van der Waals surface area contributed by atoms with Crippen LogP contribution in [0.2, 0.25) is 0 Å². The first-order valence-corrected chi connectivity index (χ1v) is 7.83. The topological polar surface area (TPSA) is 56.7 Å². The molecular formula is C18H20FN3O2. The summed E-state index contributed by atoms with van der Waals surface area (Å²) in [5.74, 6) is 0.264. The highest BCUT2D eigenvalue weighted by atomic mass is 19.1. The molecule has 1 aromatic carbocycles. The average molecular weight is 329 g/mol. The Morgan fingerprint density at radius 2 is 1.96 bits per heavy atom. The number of likely N-dealkylation sites (tertiary alicyclic amines) is 1. The lowest BCUT2D eigenvalue weighted by atomic mass is 10.0. The van der Waals surface area contributed by atoms with Crippen LogP contribution in [-0.2, 0) is 0 Å². The summed E-state index contributed by atoms with van der Waals surface area (Å²) in [5, 5.41) is 10.0. The van der Waals surface area contributed by atoms with Crippen LogP contribution in [-0.4, -0.2) is 47.6 Å². The van der Waals surface area contributed by atoms with Gasteiger partial charge in [-0.15, -0.1) is 0 Å². The minimum absolute atomic E-state index is 0.182. The maximum absolute atomic E-state index is 13.1. The maximum atomic E-state index is 13.1. The highest BCUT2D eigenvalue weighted by Gasteiger charge is 2.35. The second kappa shape index (κ2) is 6.57. The lowest BCUT2D eigenvalue weighted by Crippen LogP contribution is -2.32. The molecule has 1 aromatic heterocycles. The zero-order valence-corrected chi connectivity index (χ0v) is 13.7. The molecule has 2 heterocycles. The third kappa shape index (κ3) is 3.23. The highest BCUT2D eigenvalue weighted by Crippen LogP contribution is 2.33. The second-order valence-electron chi connectivity index (χ2n) is 6.21. The van der Waals surface area contributed by atoms with Gasteiger partial charge in [-0.2, -0.15) is 0 Å². The van der Waals surface area contributed by atoms with Gasteiger partial charge in [0, 0.05) is 26.8 Å². The summed E-state index contributed by atoms with van der Waals surface area (Å²) in [6.45, 7) is 0.260. The quantitative estimate of drug-likeness (QED) is 0.938. The van der Waals surface area contributed by atoms with Crippen molar-refractivity contribution in [2.45, 2.75) is 18.6 Å². The van der Waals surface area contributed by atoms with Crippen molar-refractivity contribution < 1.29 is 14.3 Å². The monoisotopic (exact) mass is 329 g/mol. The van der Waals surface area contributed by atoms with E-state index in [0.717, 1.165) is 11.4 Å². The van der Waals surface area contributed by atoms with Crippen LogP contribution in [0.4, 0.5) is 10.2 Å². The number of carbonyl (C=O) groups excluding carboxylic acids is 1. The van der Waals surface area contributed by atoms with Crippen LogP contribution in [0.5, 0.6) is 0 Å². The van der Waals surface area contributed by atoms with Crippen molar-refractivity contribution in [3.63, 3.8) is 0 Å². The van der Waals surface area contributed by atoms with Gasteiger partial charge in [0.25, 0.3) is 5.91 Å². The van der Waals surface area contributed by atoms with Crippen LogP contribution < -0.4 is 4.90 Å². The second-order valence-corrected chi connectivity index (χ2v) is 6.21. The molecule has 1 aliphatic heterocycles. The van der Waals surface area contributed by atoms with E-state index in [0.29, 0.717) is 12.0 Å². The minimum atomic E-state index is -0.585. The Balaban J connectivity index is 1.85. The molecule has 1 saturated heterocycles. The van der Waals surface area contributed by atoms with Crippen LogP contribution in [0.3, 0.4) is 0 Å². The van der Waals surface area contributed by atoms with E-state index in [1.807, 2.05) is 19.0 Å². The Hall–Kier alpha value is -2.47. The van der Waals surface area contributed by atoms with E-state index < -0.39 is 6.10 Å². The minimum Gasteiger partial charge on any atom is -0.391 e. The number of hydrogen-bond acceptors (Lipinski definition) is 4. The van der Waals surface area contributed by atoms with Gasteiger partial charge in [-0.1, -0.05) is 12.1 Å². The number of aliphatic hydroxyl groups excluding tert-OH is 1. The fraction of sp³-hybridized carbons (Fsp3) is 0.333. The summed E-state index contributed by atoms with van der Waals surface area (Å²) in [7, 11) is 3.76. The van der Waals surface area contributed by atoms with Crippen LogP contribution in [0.15, 0.2) is 42.6 Å². The van der Waals surface area contributed by atoms with Crippen molar-refractivity contribution in [2.75, 3.05) is 25.5 Å². The number of hydrogen-bond donors (Lipinski definition) is 1. The van der Waals surface area contributed by atoms with E-state index in [2.05, 4.69) is 4.98 Å². The third-order valence-corrected chi connectivity index (χ3v) is 4.25. The molecule has 0 radical (unpaired) electrons. The predicted octanol–water partition coefficient (Wildman–Crippen LogP) is 2.23. The number of pyridine rings is 1. The SMILES string of the molecule is CN(C)c1ccc(C(=O)N2C[C@H](O)C[C@@H]2c2ccc(F)cc2)cn1. The summed E-state index contributed by atoms with van der Waals surface area (Å²) >= 11 is 0. The molecule has 126 valence electrons. The Bertz CT molecular complexity index is 716. The molecule has 6 heteroatoms. The van der Waals surface area contributed by atoms with Gasteiger partial charge in [-0.3, -0.25) is 4.79 Å². The van der Waals surface area contributed by atoms with Gasteiger partial charge in [-0.05, 0) is 36.2 Å². The van der Waals surface area contributed by atoms with Crippen molar-refractivity contribution in [1.82, 2.24) is 9.88 Å². The van der Waals surface area contributed by atoms with Gasteiger partial charge >= 0.3 is 0 Å². The molecule has 0 spiro atoms. The van der Waals surface area contributed by atoms with E-state index in [9.17, 15) is 14.3 Å². The van der Waals surface area contributed by atoms with Gasteiger partial charge in [0.15, 0.2) is 0 Å². The van der Waals surface area contributed by atoms with Crippen molar-refractivity contribution in [1.29, 1.82) is 0 Å². The molecule has 1 N–H and O–H groups in total. The molecule has 0 saturated carbocycles. The summed E-state index contributed by atoms with van der Waals surface area (Å²) in [5.41, 5.74) is 1.29. The molecule has 0 aliphatic carbocycles. The van der Waals surface area contributed by atoms with Gasteiger partial charge < -0.3 is 14.9 Å². The first-order valence-electron chi connectivity index (χ1n) is 7.83. The number of aliphatic hydroxyl groups is 1. The number of β-amino-alcohol motifs (C(OH)–C–C–N with tert-alkyl or cyclic N) is 1. The van der Waals surface area contributed by atoms with Gasteiger partial charge in [0.2, 0.25) is 0 Å². The average Bonchev–Trinajstić information content (AvgIpc) is 2.96. The van der Waals surface area contributed by atoms with E-state index in [1.165, 1.54) is 12.1 Å². The van der Waals surface area contributed by atoms with E-state index in [-0.39, 0.29) is 24.3 Å². The number of aromatic nitrogens is 1. The zero-order chi connectivity index (χ0) is 17.3. The smallest absolute Gasteiger partial charge is 0.256 e. The molecule has 24 heavy (non-hydrogen) atoms. The predicted molar refractivity (Wildman–Crippen MR) is 89.4 cm³/mol. The van der Waals surface area contributed by atoms with Crippen molar-refractivity contribution in [3.8, 4) is 0 Å². The van der Waals surface area contributed by atoms with Crippen LogP contribution in [0.25, 0.3) is 0 Å². The Morgan fingerprint density at radius 1 is 1.25 bits per heavy atom. The summed E-state index contributed by atoms with van der Waals surface area (Å²) in [6, 6.07) is 9.31. The van der Waals surface area contributed by atoms with E-state index >= 15 is 0 Å². The molecule has 1 fully saturated rings. The third-order valence-electron chi connectivity index (χ3n) is 4.25. The first kappa shape index (κ1) is 16.4. The number of carbonyl (C=O) groups is 1. The number of amides is 1.